The van der Waals surface area contributed by atoms with Crippen molar-refractivity contribution < 1.29 is 14.3 Å². The van der Waals surface area contributed by atoms with Crippen molar-refractivity contribution in [3.63, 3.8) is 0 Å². The number of rotatable bonds is 5. The Kier molecular flexibility index (Phi) is 5.90. The molecule has 0 amide bonds. The van der Waals surface area contributed by atoms with E-state index in [9.17, 15) is 4.79 Å². The molecule has 0 bridgehead atoms. The van der Waals surface area contributed by atoms with Crippen LogP contribution in [0.3, 0.4) is 0 Å². The number of carbonyl (C=O) groups excluding carboxylic acids is 1. The molecule has 4 heteroatoms. The number of methoxy groups -OCH3 is 1. The van der Waals surface area contributed by atoms with Gasteiger partial charge >= 0.3 is 5.97 Å². The molecule has 0 atom stereocenters. The maximum absolute atomic E-state index is 11.3. The maximum Gasteiger partial charge on any atom is 0.336 e. The van der Waals surface area contributed by atoms with Crippen LogP contribution in [-0.4, -0.2) is 19.7 Å². The summed E-state index contributed by atoms with van der Waals surface area (Å²) in [7, 11) is 1.61. The van der Waals surface area contributed by atoms with Crippen LogP contribution in [0, 0.1) is 6.57 Å². The number of nitrogens with zero attached hydrogens (tertiary/aromatic N) is 1. The van der Waals surface area contributed by atoms with Crippen LogP contribution in [0.25, 0.3) is 10.9 Å². The molecule has 19 heavy (non-hydrogen) atoms. The van der Waals surface area contributed by atoms with Crippen LogP contribution in [0.5, 0.6) is 5.75 Å². The summed E-state index contributed by atoms with van der Waals surface area (Å²) in [4.78, 5) is 14.5. The molecule has 0 radical (unpaired) electrons. The minimum Gasteiger partial charge on any atom is -0.497 e. The third-order valence-electron chi connectivity index (χ3n) is 2.26. The third kappa shape index (κ3) is 4.68. The number of hydrogen-bond donors (Lipinski definition) is 0. The highest BCUT2D eigenvalue weighted by atomic mass is 16.5. The topological polar surface area (TPSA) is 39.9 Å². The van der Waals surface area contributed by atoms with Crippen molar-refractivity contribution in [1.82, 2.24) is 0 Å². The molecular weight excluding hydrogens is 242 g/mol. The summed E-state index contributed by atoms with van der Waals surface area (Å²) in [6.45, 7) is 8.87. The van der Waals surface area contributed by atoms with Gasteiger partial charge in [-0.2, -0.15) is 0 Å². The Morgan fingerprint density at radius 2 is 2.05 bits per heavy atom. The van der Waals surface area contributed by atoms with Gasteiger partial charge in [-0.15, -0.1) is 0 Å². The summed E-state index contributed by atoms with van der Waals surface area (Å²) in [6, 6.07) is 7.44. The van der Waals surface area contributed by atoms with E-state index in [1.807, 2.05) is 24.3 Å². The van der Waals surface area contributed by atoms with E-state index >= 15 is 0 Å². The summed E-state index contributed by atoms with van der Waals surface area (Å²) < 4.78 is 9.81. The molecule has 1 aromatic rings. The number of allylic oxidation sites excluding steroid dienone is 2. The molecule has 0 saturated carbocycles. The normalized spacial score (nSPS) is 11.1. The highest BCUT2D eigenvalue weighted by molar-refractivity contribution is 5.90. The molecule has 0 aliphatic carbocycles. The van der Waals surface area contributed by atoms with Crippen molar-refractivity contribution >= 4 is 12.0 Å². The summed E-state index contributed by atoms with van der Waals surface area (Å²) in [5.74, 6) is 0.179. The van der Waals surface area contributed by atoms with E-state index < -0.39 is 5.97 Å². The second kappa shape index (κ2) is 7.72. The molecule has 0 saturated heterocycles. The van der Waals surface area contributed by atoms with Crippen LogP contribution in [0.2, 0.25) is 0 Å². The fourth-order valence-electron chi connectivity index (χ4n) is 1.32. The van der Waals surface area contributed by atoms with Gasteiger partial charge in [-0.1, -0.05) is 24.3 Å². The molecule has 0 fully saturated rings. The lowest BCUT2D eigenvalue weighted by atomic mass is 10.2. The third-order valence-corrected chi connectivity index (χ3v) is 2.26. The monoisotopic (exact) mass is 257 g/mol. The fourth-order valence-corrected chi connectivity index (χ4v) is 1.32. The number of ether oxygens (including phenoxy) is 2. The Hall–Kier alpha value is -2.54. The molecule has 0 aliphatic rings. The van der Waals surface area contributed by atoms with Gasteiger partial charge in [0.15, 0.2) is 0 Å². The molecule has 1 rings (SSSR count). The lowest BCUT2D eigenvalue weighted by Crippen LogP contribution is -2.04. The molecule has 4 nitrogen and oxygen atoms in total. The van der Waals surface area contributed by atoms with E-state index in [2.05, 4.69) is 4.85 Å². The Morgan fingerprint density at radius 3 is 2.58 bits per heavy atom. The van der Waals surface area contributed by atoms with Crippen LogP contribution in [0.1, 0.15) is 12.5 Å². The van der Waals surface area contributed by atoms with Gasteiger partial charge < -0.3 is 9.47 Å². The van der Waals surface area contributed by atoms with Gasteiger partial charge in [0.2, 0.25) is 0 Å². The van der Waals surface area contributed by atoms with Crippen molar-refractivity contribution in [2.24, 2.45) is 0 Å². The molecule has 98 valence electrons. The van der Waals surface area contributed by atoms with Crippen molar-refractivity contribution in [3.05, 3.63) is 59.1 Å². The predicted octanol–water partition coefficient (Wildman–Crippen LogP) is 3.07. The number of benzene rings is 1. The molecule has 1 aromatic carbocycles. The van der Waals surface area contributed by atoms with Gasteiger partial charge in [-0.3, -0.25) is 4.79 Å². The van der Waals surface area contributed by atoms with E-state index in [-0.39, 0.29) is 12.3 Å². The van der Waals surface area contributed by atoms with Gasteiger partial charge in [0, 0.05) is 0 Å². The summed E-state index contributed by atoms with van der Waals surface area (Å²) in [5, 5.41) is 0. The van der Waals surface area contributed by atoms with Crippen LogP contribution < -0.4 is 4.74 Å². The van der Waals surface area contributed by atoms with Gasteiger partial charge in [-0.05, 0) is 30.7 Å². The molecule has 0 aliphatic heterocycles. The van der Waals surface area contributed by atoms with Crippen LogP contribution >= 0.6 is 0 Å². The molecule has 0 spiro atoms. The molecule has 0 aromatic heterocycles. The molecule has 0 N–H and O–H groups in total. The Bertz CT molecular complexity index is 521. The van der Waals surface area contributed by atoms with E-state index in [1.54, 1.807) is 26.2 Å². The smallest absolute Gasteiger partial charge is 0.336 e. The molecule has 0 unspecified atom stereocenters. The molecular formula is C15H15NO3. The first-order valence-corrected chi connectivity index (χ1v) is 5.78. The lowest BCUT2D eigenvalue weighted by molar-refractivity contribution is -0.138. The maximum atomic E-state index is 11.3. The summed E-state index contributed by atoms with van der Waals surface area (Å²) in [6.07, 6.45) is 4.88. The van der Waals surface area contributed by atoms with E-state index in [0.717, 1.165) is 11.3 Å². The first-order valence-electron chi connectivity index (χ1n) is 5.78. The Balaban J connectivity index is 2.74. The minimum atomic E-state index is -0.600. The van der Waals surface area contributed by atoms with Crippen LogP contribution in [0.15, 0.2) is 42.1 Å². The number of esters is 1. The highest BCUT2D eigenvalue weighted by Crippen LogP contribution is 2.12. The average molecular weight is 257 g/mol. The van der Waals surface area contributed by atoms with Crippen molar-refractivity contribution in [2.75, 3.05) is 13.7 Å². The highest BCUT2D eigenvalue weighted by Gasteiger charge is 2.08. The second-order valence-corrected chi connectivity index (χ2v) is 3.52. The Labute approximate surface area is 112 Å². The molecule has 0 heterocycles. The van der Waals surface area contributed by atoms with Gasteiger partial charge in [0.1, 0.15) is 5.75 Å². The SMILES string of the molecule is [C-]#[N+]C(=CC=Cc1ccc(OC)cc1)C(=O)OCC. The van der Waals surface area contributed by atoms with Gasteiger partial charge in [0.25, 0.3) is 5.70 Å². The first kappa shape index (κ1) is 14.5. The fraction of sp³-hybridized carbons (Fsp3) is 0.200. The van der Waals surface area contributed by atoms with Crippen molar-refractivity contribution in [3.8, 4) is 5.75 Å². The van der Waals surface area contributed by atoms with E-state index in [1.165, 1.54) is 6.08 Å². The standard InChI is InChI=1S/C15H15NO3/c1-4-19-15(17)14(16-2)7-5-6-12-8-10-13(18-3)11-9-12/h5-11H,4H2,1,3H3. The minimum absolute atomic E-state index is 0.0355. The average Bonchev–Trinajstić information content (AvgIpc) is 2.44. The van der Waals surface area contributed by atoms with Gasteiger partial charge in [0.05, 0.1) is 20.3 Å². The first-order chi connectivity index (χ1) is 9.21. The van der Waals surface area contributed by atoms with Gasteiger partial charge in [-0.25, -0.2) is 4.85 Å². The zero-order valence-electron chi connectivity index (χ0n) is 10.9. The van der Waals surface area contributed by atoms with E-state index in [4.69, 9.17) is 16.0 Å². The Morgan fingerprint density at radius 1 is 1.37 bits per heavy atom. The number of carbonyl (C=O) groups is 1. The summed E-state index contributed by atoms with van der Waals surface area (Å²) in [5.41, 5.74) is 0.914. The van der Waals surface area contributed by atoms with Crippen LogP contribution in [-0.2, 0) is 9.53 Å². The summed E-state index contributed by atoms with van der Waals surface area (Å²) >= 11 is 0. The lowest BCUT2D eigenvalue weighted by Gasteiger charge is -1.99. The quantitative estimate of drug-likeness (QED) is 0.352. The van der Waals surface area contributed by atoms with Crippen molar-refractivity contribution in [2.45, 2.75) is 6.92 Å². The predicted molar refractivity (Wildman–Crippen MR) is 73.3 cm³/mol. The largest absolute Gasteiger partial charge is 0.497 e. The zero-order valence-corrected chi connectivity index (χ0v) is 10.9. The van der Waals surface area contributed by atoms with Crippen molar-refractivity contribution in [1.29, 1.82) is 0 Å². The van der Waals surface area contributed by atoms with Crippen LogP contribution in [0.4, 0.5) is 0 Å². The second-order valence-electron chi connectivity index (χ2n) is 3.52. The van der Waals surface area contributed by atoms with E-state index in [0.29, 0.717) is 0 Å². The number of hydrogen-bond acceptors (Lipinski definition) is 3. The zero-order chi connectivity index (χ0) is 14.1.